The quantitative estimate of drug-likeness (QED) is 0.885. The fraction of sp³-hybridized carbons (Fsp3) is 0.600. The van der Waals surface area contributed by atoms with E-state index in [0.717, 1.165) is 11.7 Å². The lowest BCUT2D eigenvalue weighted by molar-refractivity contribution is 0.188. The Hall–Kier alpha value is -1.06. The van der Waals surface area contributed by atoms with Crippen LogP contribution < -0.4 is 10.1 Å². The first-order valence-electron chi connectivity index (χ1n) is 6.74. The van der Waals surface area contributed by atoms with Crippen LogP contribution in [0, 0.1) is 5.92 Å². The Bertz CT molecular complexity index is 355. The van der Waals surface area contributed by atoms with Crippen LogP contribution in [0.15, 0.2) is 24.3 Å². The van der Waals surface area contributed by atoms with E-state index < -0.39 is 0 Å². The predicted molar refractivity (Wildman–Crippen MR) is 75.0 cm³/mol. The molecule has 1 aromatic carbocycles. The molecule has 0 aliphatic carbocycles. The molecule has 1 saturated heterocycles. The third kappa shape index (κ3) is 3.03. The van der Waals surface area contributed by atoms with Crippen LogP contribution in [0.5, 0.6) is 5.75 Å². The van der Waals surface area contributed by atoms with Gasteiger partial charge in [-0.1, -0.05) is 12.1 Å². The van der Waals surface area contributed by atoms with Gasteiger partial charge < -0.3 is 15.0 Å². The number of hydrogen-bond acceptors (Lipinski definition) is 3. The molecule has 3 nitrogen and oxygen atoms in total. The lowest BCUT2D eigenvalue weighted by atomic mass is 9.85. The van der Waals surface area contributed by atoms with Crippen LogP contribution in [0.3, 0.4) is 0 Å². The Labute approximate surface area is 110 Å². The molecule has 0 radical (unpaired) electrons. The van der Waals surface area contributed by atoms with Crippen LogP contribution in [0.25, 0.3) is 0 Å². The van der Waals surface area contributed by atoms with Gasteiger partial charge in [0.15, 0.2) is 0 Å². The molecule has 0 aromatic heterocycles. The summed E-state index contributed by atoms with van der Waals surface area (Å²) >= 11 is 0. The van der Waals surface area contributed by atoms with E-state index in [0.29, 0.717) is 6.04 Å². The number of methoxy groups -OCH3 is 1. The Morgan fingerprint density at radius 3 is 2.33 bits per heavy atom. The number of nitrogens with one attached hydrogen (secondary N) is 1. The molecule has 1 fully saturated rings. The SMILES string of the molecule is CNC(c1ccc(OC)cc1)C1CCN(C)CC1. The Kier molecular flexibility index (Phi) is 4.61. The predicted octanol–water partition coefficient (Wildman–Crippen LogP) is 2.30. The average molecular weight is 248 g/mol. The summed E-state index contributed by atoms with van der Waals surface area (Å²) in [6.45, 7) is 2.41. The van der Waals surface area contributed by atoms with Crippen LogP contribution in [0.2, 0.25) is 0 Å². The highest BCUT2D eigenvalue weighted by Gasteiger charge is 2.25. The first-order chi connectivity index (χ1) is 8.74. The van der Waals surface area contributed by atoms with Crippen molar-refractivity contribution in [2.45, 2.75) is 18.9 Å². The average Bonchev–Trinajstić information content (AvgIpc) is 2.42. The van der Waals surface area contributed by atoms with Crippen LogP contribution in [-0.2, 0) is 0 Å². The summed E-state index contributed by atoms with van der Waals surface area (Å²) in [6, 6.07) is 8.92. The second-order valence-corrected chi connectivity index (χ2v) is 5.18. The molecular formula is C15H24N2O. The molecule has 1 aliphatic heterocycles. The van der Waals surface area contributed by atoms with Crippen molar-refractivity contribution in [3.05, 3.63) is 29.8 Å². The molecule has 1 aliphatic rings. The Balaban J connectivity index is 2.07. The van der Waals surface area contributed by atoms with E-state index in [1.807, 2.05) is 0 Å². The van der Waals surface area contributed by atoms with Gasteiger partial charge in [0, 0.05) is 6.04 Å². The summed E-state index contributed by atoms with van der Waals surface area (Å²) in [5.74, 6) is 1.66. The second-order valence-electron chi connectivity index (χ2n) is 5.18. The van der Waals surface area contributed by atoms with Gasteiger partial charge in [0.1, 0.15) is 5.75 Å². The summed E-state index contributed by atoms with van der Waals surface area (Å²) in [7, 11) is 5.98. The molecule has 0 spiro atoms. The summed E-state index contributed by atoms with van der Waals surface area (Å²) in [4.78, 5) is 2.41. The van der Waals surface area contributed by atoms with E-state index in [4.69, 9.17) is 4.74 Å². The standard InChI is InChI=1S/C15H24N2O/c1-16-15(13-8-10-17(2)11-9-13)12-4-6-14(18-3)7-5-12/h4-7,13,15-16H,8-11H2,1-3H3. The monoisotopic (exact) mass is 248 g/mol. The van der Waals surface area contributed by atoms with Crippen molar-refractivity contribution in [1.29, 1.82) is 0 Å². The van der Waals surface area contributed by atoms with Gasteiger partial charge in [-0.05, 0) is 63.6 Å². The van der Waals surface area contributed by atoms with Crippen molar-refractivity contribution >= 4 is 0 Å². The van der Waals surface area contributed by atoms with E-state index in [1.165, 1.54) is 31.5 Å². The van der Waals surface area contributed by atoms with E-state index in [9.17, 15) is 0 Å². The molecule has 0 bridgehead atoms. The van der Waals surface area contributed by atoms with Gasteiger partial charge >= 0.3 is 0 Å². The fourth-order valence-corrected chi connectivity index (χ4v) is 2.85. The third-order valence-electron chi connectivity index (χ3n) is 4.02. The van der Waals surface area contributed by atoms with Gasteiger partial charge in [-0.2, -0.15) is 0 Å². The molecule has 1 unspecified atom stereocenters. The highest BCUT2D eigenvalue weighted by Crippen LogP contribution is 2.30. The minimum atomic E-state index is 0.463. The Morgan fingerprint density at radius 1 is 1.22 bits per heavy atom. The maximum Gasteiger partial charge on any atom is 0.118 e. The van der Waals surface area contributed by atoms with Gasteiger partial charge in [0.05, 0.1) is 7.11 Å². The molecule has 18 heavy (non-hydrogen) atoms. The van der Waals surface area contributed by atoms with E-state index >= 15 is 0 Å². The minimum Gasteiger partial charge on any atom is -0.497 e. The lowest BCUT2D eigenvalue weighted by Gasteiger charge is -2.34. The van der Waals surface area contributed by atoms with Crippen LogP contribution in [0.4, 0.5) is 0 Å². The zero-order chi connectivity index (χ0) is 13.0. The number of piperidine rings is 1. The van der Waals surface area contributed by atoms with Crippen molar-refractivity contribution in [3.63, 3.8) is 0 Å². The maximum atomic E-state index is 5.22. The van der Waals surface area contributed by atoms with Gasteiger partial charge in [-0.3, -0.25) is 0 Å². The smallest absolute Gasteiger partial charge is 0.118 e. The number of likely N-dealkylation sites (tertiary alicyclic amines) is 1. The highest BCUT2D eigenvalue weighted by atomic mass is 16.5. The van der Waals surface area contributed by atoms with Crippen LogP contribution in [0.1, 0.15) is 24.4 Å². The minimum absolute atomic E-state index is 0.463. The topological polar surface area (TPSA) is 24.5 Å². The molecule has 0 amide bonds. The molecule has 100 valence electrons. The molecule has 1 N–H and O–H groups in total. The number of rotatable bonds is 4. The first kappa shape index (κ1) is 13.4. The zero-order valence-corrected chi connectivity index (χ0v) is 11.6. The second kappa shape index (κ2) is 6.21. The molecule has 1 atom stereocenters. The zero-order valence-electron chi connectivity index (χ0n) is 11.6. The maximum absolute atomic E-state index is 5.22. The van der Waals surface area contributed by atoms with E-state index in [-0.39, 0.29) is 0 Å². The largest absolute Gasteiger partial charge is 0.497 e. The Morgan fingerprint density at radius 2 is 1.83 bits per heavy atom. The van der Waals surface area contributed by atoms with Gasteiger partial charge in [-0.25, -0.2) is 0 Å². The number of ether oxygens (including phenoxy) is 1. The van der Waals surface area contributed by atoms with Gasteiger partial charge in [0.2, 0.25) is 0 Å². The van der Waals surface area contributed by atoms with Crippen LogP contribution >= 0.6 is 0 Å². The summed E-state index contributed by atoms with van der Waals surface area (Å²) in [5.41, 5.74) is 1.37. The van der Waals surface area contributed by atoms with Crippen molar-refractivity contribution in [2.24, 2.45) is 5.92 Å². The van der Waals surface area contributed by atoms with E-state index in [1.54, 1.807) is 7.11 Å². The fourth-order valence-electron chi connectivity index (χ4n) is 2.85. The number of benzene rings is 1. The van der Waals surface area contributed by atoms with E-state index in [2.05, 4.69) is 48.6 Å². The normalized spacial score (nSPS) is 19.7. The highest BCUT2D eigenvalue weighted by molar-refractivity contribution is 5.29. The van der Waals surface area contributed by atoms with Gasteiger partial charge in [-0.15, -0.1) is 0 Å². The molecule has 3 heteroatoms. The van der Waals surface area contributed by atoms with Crippen molar-refractivity contribution in [2.75, 3.05) is 34.3 Å². The molecule has 2 rings (SSSR count). The molecule has 1 aromatic rings. The lowest BCUT2D eigenvalue weighted by Crippen LogP contribution is -2.36. The van der Waals surface area contributed by atoms with Crippen molar-refractivity contribution in [1.82, 2.24) is 10.2 Å². The van der Waals surface area contributed by atoms with Crippen molar-refractivity contribution < 1.29 is 4.74 Å². The number of nitrogens with zero attached hydrogens (tertiary/aromatic N) is 1. The third-order valence-corrected chi connectivity index (χ3v) is 4.02. The van der Waals surface area contributed by atoms with Crippen molar-refractivity contribution in [3.8, 4) is 5.75 Å². The number of hydrogen-bond donors (Lipinski definition) is 1. The van der Waals surface area contributed by atoms with Crippen LogP contribution in [-0.4, -0.2) is 39.2 Å². The molecule has 1 heterocycles. The summed E-state index contributed by atoms with van der Waals surface area (Å²) in [5, 5.41) is 3.48. The first-order valence-corrected chi connectivity index (χ1v) is 6.74. The summed E-state index contributed by atoms with van der Waals surface area (Å²) in [6.07, 6.45) is 2.54. The van der Waals surface area contributed by atoms with Gasteiger partial charge in [0.25, 0.3) is 0 Å². The molecule has 0 saturated carbocycles. The molecular weight excluding hydrogens is 224 g/mol. The summed E-state index contributed by atoms with van der Waals surface area (Å²) < 4.78 is 5.22.